The molecule has 0 heterocycles. The van der Waals surface area contributed by atoms with E-state index in [9.17, 15) is 4.79 Å². The van der Waals surface area contributed by atoms with E-state index in [1.807, 2.05) is 19.1 Å². The summed E-state index contributed by atoms with van der Waals surface area (Å²) in [6.45, 7) is 1.90. The molecular formula is C10H12ClN3O2S. The van der Waals surface area contributed by atoms with Crippen LogP contribution in [-0.2, 0) is 4.74 Å². The van der Waals surface area contributed by atoms with Gasteiger partial charge in [-0.15, -0.1) is 0 Å². The lowest BCUT2D eigenvalue weighted by Crippen LogP contribution is -2.43. The van der Waals surface area contributed by atoms with E-state index in [4.69, 9.17) is 23.8 Å². The van der Waals surface area contributed by atoms with Crippen molar-refractivity contribution < 1.29 is 9.53 Å². The van der Waals surface area contributed by atoms with Gasteiger partial charge in [-0.25, -0.2) is 10.2 Å². The van der Waals surface area contributed by atoms with Gasteiger partial charge in [-0.2, -0.15) is 0 Å². The number of hydrogen-bond donors (Lipinski definition) is 3. The lowest BCUT2D eigenvalue weighted by molar-refractivity contribution is 0.169. The number of benzene rings is 1. The summed E-state index contributed by atoms with van der Waals surface area (Å²) in [5, 5.41) is 3.72. The van der Waals surface area contributed by atoms with Gasteiger partial charge in [-0.3, -0.25) is 5.43 Å². The molecule has 0 aliphatic heterocycles. The van der Waals surface area contributed by atoms with E-state index in [-0.39, 0.29) is 5.11 Å². The van der Waals surface area contributed by atoms with Crippen molar-refractivity contribution in [3.05, 3.63) is 28.8 Å². The summed E-state index contributed by atoms with van der Waals surface area (Å²) in [4.78, 5) is 10.8. The predicted molar refractivity (Wildman–Crippen MR) is 71.1 cm³/mol. The van der Waals surface area contributed by atoms with Crippen LogP contribution in [0, 0.1) is 6.92 Å². The fourth-order valence-electron chi connectivity index (χ4n) is 0.992. The number of hydrogen-bond acceptors (Lipinski definition) is 3. The predicted octanol–water partition coefficient (Wildman–Crippen LogP) is 2.21. The molecule has 3 N–H and O–H groups in total. The van der Waals surface area contributed by atoms with E-state index >= 15 is 0 Å². The van der Waals surface area contributed by atoms with Gasteiger partial charge in [0.1, 0.15) is 0 Å². The summed E-state index contributed by atoms with van der Waals surface area (Å²) in [7, 11) is 1.26. The van der Waals surface area contributed by atoms with E-state index in [1.54, 1.807) is 6.07 Å². The number of amides is 1. The van der Waals surface area contributed by atoms with Gasteiger partial charge in [0.2, 0.25) is 0 Å². The van der Waals surface area contributed by atoms with Gasteiger partial charge >= 0.3 is 6.09 Å². The summed E-state index contributed by atoms with van der Waals surface area (Å²) in [5.41, 5.74) is 6.40. The maximum Gasteiger partial charge on any atom is 0.425 e. The molecule has 0 aliphatic carbocycles. The molecule has 0 spiro atoms. The Morgan fingerprint density at radius 3 is 2.71 bits per heavy atom. The van der Waals surface area contributed by atoms with Crippen molar-refractivity contribution in [2.45, 2.75) is 6.92 Å². The number of aryl methyl sites for hydroxylation is 1. The Bertz CT molecular complexity index is 440. The van der Waals surface area contributed by atoms with Crippen LogP contribution in [0.25, 0.3) is 0 Å². The minimum Gasteiger partial charge on any atom is -0.452 e. The standard InChI is InChI=1S/C10H12ClN3O2S/c1-6-3-4-7(5-8(6)11)12-9(17)13-14-10(15)16-2/h3-5H,1-2H3,(H,14,15)(H2,12,13,17). The molecule has 5 nitrogen and oxygen atoms in total. The van der Waals surface area contributed by atoms with Gasteiger partial charge < -0.3 is 10.1 Å². The van der Waals surface area contributed by atoms with Crippen molar-refractivity contribution in [3.63, 3.8) is 0 Å². The molecular weight excluding hydrogens is 262 g/mol. The third-order valence-electron chi connectivity index (χ3n) is 1.89. The number of rotatable bonds is 1. The van der Waals surface area contributed by atoms with Crippen LogP contribution in [0.3, 0.4) is 0 Å². The number of nitrogens with one attached hydrogen (secondary N) is 3. The first-order chi connectivity index (χ1) is 8.02. The van der Waals surface area contributed by atoms with Crippen LogP contribution in [-0.4, -0.2) is 18.3 Å². The second-order valence-electron chi connectivity index (χ2n) is 3.16. The summed E-state index contributed by atoms with van der Waals surface area (Å²) < 4.78 is 4.36. The number of thiocarbonyl (C=S) groups is 1. The molecule has 0 saturated heterocycles. The van der Waals surface area contributed by atoms with E-state index in [1.165, 1.54) is 7.11 Å². The van der Waals surface area contributed by atoms with E-state index in [0.29, 0.717) is 5.02 Å². The largest absolute Gasteiger partial charge is 0.452 e. The Labute approximate surface area is 109 Å². The van der Waals surface area contributed by atoms with Crippen LogP contribution >= 0.6 is 23.8 Å². The Morgan fingerprint density at radius 1 is 1.41 bits per heavy atom. The van der Waals surface area contributed by atoms with Gasteiger partial charge in [0, 0.05) is 10.7 Å². The monoisotopic (exact) mass is 273 g/mol. The first kappa shape index (κ1) is 13.5. The number of carbonyl (C=O) groups excluding carboxylic acids is 1. The normalized spacial score (nSPS) is 9.35. The zero-order valence-corrected chi connectivity index (χ0v) is 10.9. The fourth-order valence-corrected chi connectivity index (χ4v) is 1.34. The van der Waals surface area contributed by atoms with Gasteiger partial charge in [-0.1, -0.05) is 17.7 Å². The molecule has 0 aromatic heterocycles. The van der Waals surface area contributed by atoms with E-state index in [2.05, 4.69) is 20.9 Å². The van der Waals surface area contributed by atoms with Crippen molar-refractivity contribution in [2.24, 2.45) is 0 Å². The lowest BCUT2D eigenvalue weighted by Gasteiger charge is -2.11. The average Bonchev–Trinajstić information content (AvgIpc) is 2.31. The van der Waals surface area contributed by atoms with Crippen molar-refractivity contribution in [3.8, 4) is 0 Å². The Hall–Kier alpha value is -1.53. The molecule has 17 heavy (non-hydrogen) atoms. The second-order valence-corrected chi connectivity index (χ2v) is 3.98. The molecule has 1 rings (SSSR count). The number of methoxy groups -OCH3 is 1. The van der Waals surface area contributed by atoms with Crippen LogP contribution in [0.2, 0.25) is 5.02 Å². The first-order valence-corrected chi connectivity index (χ1v) is 5.48. The molecule has 0 saturated carbocycles. The number of carbonyl (C=O) groups is 1. The van der Waals surface area contributed by atoms with Crippen LogP contribution in [0.4, 0.5) is 10.5 Å². The Morgan fingerprint density at radius 2 is 2.12 bits per heavy atom. The first-order valence-electron chi connectivity index (χ1n) is 4.70. The third kappa shape index (κ3) is 4.46. The van der Waals surface area contributed by atoms with Crippen molar-refractivity contribution in [1.29, 1.82) is 0 Å². The van der Waals surface area contributed by atoms with Crippen LogP contribution in [0.1, 0.15) is 5.56 Å². The molecule has 1 aromatic rings. The van der Waals surface area contributed by atoms with E-state index < -0.39 is 6.09 Å². The average molecular weight is 274 g/mol. The van der Waals surface area contributed by atoms with Crippen LogP contribution < -0.4 is 16.2 Å². The summed E-state index contributed by atoms with van der Waals surface area (Å²) in [6, 6.07) is 5.43. The minimum atomic E-state index is -0.629. The zero-order valence-electron chi connectivity index (χ0n) is 9.33. The molecule has 0 bridgehead atoms. The summed E-state index contributed by atoms with van der Waals surface area (Å²) in [5.74, 6) is 0. The molecule has 0 radical (unpaired) electrons. The zero-order chi connectivity index (χ0) is 12.8. The number of halogens is 1. The quantitative estimate of drug-likeness (QED) is 0.541. The summed E-state index contributed by atoms with van der Waals surface area (Å²) >= 11 is 10.9. The Balaban J connectivity index is 2.50. The SMILES string of the molecule is COC(=O)NNC(=S)Nc1ccc(C)c(Cl)c1. The molecule has 0 atom stereocenters. The Kier molecular flexibility index (Phi) is 4.99. The number of hydrazine groups is 1. The van der Waals surface area contributed by atoms with Crippen LogP contribution in [0.5, 0.6) is 0 Å². The molecule has 0 fully saturated rings. The second kappa shape index (κ2) is 6.27. The molecule has 0 unspecified atom stereocenters. The maximum atomic E-state index is 10.8. The van der Waals surface area contributed by atoms with E-state index in [0.717, 1.165) is 11.3 Å². The number of ether oxygens (including phenoxy) is 1. The molecule has 92 valence electrons. The van der Waals surface area contributed by atoms with Gasteiger partial charge in [0.25, 0.3) is 0 Å². The molecule has 1 amide bonds. The lowest BCUT2D eigenvalue weighted by atomic mass is 10.2. The molecule has 0 aliphatic rings. The third-order valence-corrected chi connectivity index (χ3v) is 2.50. The van der Waals surface area contributed by atoms with Crippen LogP contribution in [0.15, 0.2) is 18.2 Å². The van der Waals surface area contributed by atoms with Gasteiger partial charge in [-0.05, 0) is 36.8 Å². The van der Waals surface area contributed by atoms with Crippen molar-refractivity contribution in [1.82, 2.24) is 10.9 Å². The summed E-state index contributed by atoms with van der Waals surface area (Å²) in [6.07, 6.45) is -0.629. The molecule has 1 aromatic carbocycles. The number of anilines is 1. The van der Waals surface area contributed by atoms with Crippen molar-refractivity contribution in [2.75, 3.05) is 12.4 Å². The van der Waals surface area contributed by atoms with Gasteiger partial charge in [0.05, 0.1) is 7.11 Å². The highest BCUT2D eigenvalue weighted by Gasteiger charge is 2.02. The topological polar surface area (TPSA) is 62.4 Å². The smallest absolute Gasteiger partial charge is 0.425 e. The van der Waals surface area contributed by atoms with Crippen molar-refractivity contribution >= 4 is 40.7 Å². The highest BCUT2D eigenvalue weighted by Crippen LogP contribution is 2.19. The highest BCUT2D eigenvalue weighted by molar-refractivity contribution is 7.80. The highest BCUT2D eigenvalue weighted by atomic mass is 35.5. The fraction of sp³-hybridized carbons (Fsp3) is 0.200. The molecule has 7 heteroatoms. The van der Waals surface area contributed by atoms with Gasteiger partial charge in [0.15, 0.2) is 5.11 Å². The minimum absolute atomic E-state index is 0.232. The maximum absolute atomic E-state index is 10.8.